The molecule has 0 spiro atoms. The summed E-state index contributed by atoms with van der Waals surface area (Å²) in [6.45, 7) is 1.65. The number of hydrogen-bond donors (Lipinski definition) is 0. The average molecular weight is 191 g/mol. The second-order valence-corrected chi connectivity index (χ2v) is 3.97. The molecule has 0 aromatic carbocycles. The SMILES string of the molecule is C[C@H](Cl)C(=O)OC1CCCCC1. The van der Waals surface area contributed by atoms with E-state index in [0.29, 0.717) is 0 Å². The highest BCUT2D eigenvalue weighted by Gasteiger charge is 2.19. The van der Waals surface area contributed by atoms with Crippen LogP contribution in [0.2, 0.25) is 0 Å². The van der Waals surface area contributed by atoms with Crippen LogP contribution < -0.4 is 0 Å². The Morgan fingerprint density at radius 3 is 2.50 bits per heavy atom. The molecule has 0 saturated heterocycles. The highest BCUT2D eigenvalue weighted by atomic mass is 35.5. The van der Waals surface area contributed by atoms with E-state index < -0.39 is 5.38 Å². The summed E-state index contributed by atoms with van der Waals surface area (Å²) in [7, 11) is 0. The molecule has 0 N–H and O–H groups in total. The van der Waals surface area contributed by atoms with Crippen molar-refractivity contribution in [2.75, 3.05) is 0 Å². The summed E-state index contributed by atoms with van der Waals surface area (Å²) in [5, 5.41) is -0.507. The van der Waals surface area contributed by atoms with Gasteiger partial charge in [0.25, 0.3) is 0 Å². The molecule has 1 atom stereocenters. The van der Waals surface area contributed by atoms with Crippen molar-refractivity contribution in [3.63, 3.8) is 0 Å². The van der Waals surface area contributed by atoms with E-state index in [-0.39, 0.29) is 12.1 Å². The number of alkyl halides is 1. The van der Waals surface area contributed by atoms with E-state index in [1.807, 2.05) is 0 Å². The van der Waals surface area contributed by atoms with Gasteiger partial charge in [-0.3, -0.25) is 4.79 Å². The number of hydrogen-bond acceptors (Lipinski definition) is 2. The van der Waals surface area contributed by atoms with Gasteiger partial charge in [-0.15, -0.1) is 11.6 Å². The number of esters is 1. The van der Waals surface area contributed by atoms with Gasteiger partial charge in [0, 0.05) is 0 Å². The van der Waals surface area contributed by atoms with Crippen LogP contribution in [-0.2, 0) is 9.53 Å². The van der Waals surface area contributed by atoms with Crippen LogP contribution in [0, 0.1) is 0 Å². The van der Waals surface area contributed by atoms with Crippen LogP contribution in [-0.4, -0.2) is 17.5 Å². The summed E-state index contributed by atoms with van der Waals surface area (Å²) in [6, 6.07) is 0. The molecule has 0 unspecified atom stereocenters. The van der Waals surface area contributed by atoms with Crippen molar-refractivity contribution in [3.05, 3.63) is 0 Å². The maximum absolute atomic E-state index is 11.1. The lowest BCUT2D eigenvalue weighted by atomic mass is 9.98. The molecule has 1 saturated carbocycles. The number of ether oxygens (including phenoxy) is 1. The molecule has 1 fully saturated rings. The van der Waals surface area contributed by atoms with Gasteiger partial charge in [0.2, 0.25) is 0 Å². The van der Waals surface area contributed by atoms with Gasteiger partial charge < -0.3 is 4.74 Å². The zero-order valence-corrected chi connectivity index (χ0v) is 8.14. The van der Waals surface area contributed by atoms with Crippen molar-refractivity contribution in [2.45, 2.75) is 50.5 Å². The molecule has 0 bridgehead atoms. The molecule has 1 aliphatic carbocycles. The first-order valence-electron chi connectivity index (χ1n) is 4.54. The Balaban J connectivity index is 2.24. The van der Waals surface area contributed by atoms with Crippen molar-refractivity contribution in [1.29, 1.82) is 0 Å². The molecule has 12 heavy (non-hydrogen) atoms. The standard InChI is InChI=1S/C9H15ClO2/c1-7(10)9(11)12-8-5-3-2-4-6-8/h7-8H,2-6H2,1H3/t7-/m0/s1. The van der Waals surface area contributed by atoms with Crippen LogP contribution in [0.1, 0.15) is 39.0 Å². The molecule has 3 heteroatoms. The van der Waals surface area contributed by atoms with Crippen molar-refractivity contribution in [1.82, 2.24) is 0 Å². The van der Waals surface area contributed by atoms with Crippen molar-refractivity contribution in [3.8, 4) is 0 Å². The zero-order chi connectivity index (χ0) is 8.97. The summed E-state index contributed by atoms with van der Waals surface area (Å²) < 4.78 is 5.18. The minimum Gasteiger partial charge on any atom is -0.461 e. The fraction of sp³-hybridized carbons (Fsp3) is 0.889. The van der Waals surface area contributed by atoms with Gasteiger partial charge in [0.05, 0.1) is 0 Å². The van der Waals surface area contributed by atoms with Gasteiger partial charge >= 0.3 is 5.97 Å². The Kier molecular flexibility index (Phi) is 3.86. The number of rotatable bonds is 2. The van der Waals surface area contributed by atoms with Gasteiger partial charge in [-0.05, 0) is 32.6 Å². The highest BCUT2D eigenvalue weighted by Crippen LogP contribution is 2.20. The Morgan fingerprint density at radius 2 is 2.00 bits per heavy atom. The van der Waals surface area contributed by atoms with E-state index in [1.165, 1.54) is 19.3 Å². The van der Waals surface area contributed by atoms with Gasteiger partial charge in [0.15, 0.2) is 0 Å². The average Bonchev–Trinajstić information content (AvgIpc) is 2.06. The van der Waals surface area contributed by atoms with Crippen molar-refractivity contribution < 1.29 is 9.53 Å². The third-order valence-electron chi connectivity index (χ3n) is 2.16. The summed E-state index contributed by atoms with van der Waals surface area (Å²) >= 11 is 5.57. The Bertz CT molecular complexity index is 151. The first-order chi connectivity index (χ1) is 5.70. The van der Waals surface area contributed by atoms with Gasteiger partial charge in [0.1, 0.15) is 11.5 Å². The van der Waals surface area contributed by atoms with Gasteiger partial charge in [-0.25, -0.2) is 0 Å². The third kappa shape index (κ3) is 3.02. The summed E-state index contributed by atoms with van der Waals surface area (Å²) in [6.07, 6.45) is 5.77. The lowest BCUT2D eigenvalue weighted by molar-refractivity contribution is -0.149. The van der Waals surface area contributed by atoms with E-state index in [2.05, 4.69) is 0 Å². The van der Waals surface area contributed by atoms with Crippen molar-refractivity contribution >= 4 is 17.6 Å². The molecule has 0 amide bonds. The lowest BCUT2D eigenvalue weighted by Crippen LogP contribution is -2.24. The normalized spacial score (nSPS) is 21.8. The number of carbonyl (C=O) groups is 1. The van der Waals surface area contributed by atoms with Crippen molar-refractivity contribution in [2.24, 2.45) is 0 Å². The third-order valence-corrected chi connectivity index (χ3v) is 2.34. The van der Waals surface area contributed by atoms with Crippen LogP contribution in [0.5, 0.6) is 0 Å². The zero-order valence-electron chi connectivity index (χ0n) is 7.38. The Hall–Kier alpha value is -0.240. The molecule has 0 heterocycles. The molecule has 70 valence electrons. The molecule has 1 rings (SSSR count). The second kappa shape index (κ2) is 4.70. The monoisotopic (exact) mass is 190 g/mol. The quantitative estimate of drug-likeness (QED) is 0.494. The van der Waals surface area contributed by atoms with E-state index in [4.69, 9.17) is 16.3 Å². The largest absolute Gasteiger partial charge is 0.461 e. The molecule has 0 radical (unpaired) electrons. The predicted octanol–water partition coefficient (Wildman–Crippen LogP) is 2.49. The van der Waals surface area contributed by atoms with E-state index in [9.17, 15) is 4.79 Å². The number of carbonyl (C=O) groups excluding carboxylic acids is 1. The summed E-state index contributed by atoms with van der Waals surface area (Å²) in [5.41, 5.74) is 0. The predicted molar refractivity (Wildman–Crippen MR) is 48.3 cm³/mol. The molecular formula is C9H15ClO2. The van der Waals surface area contributed by atoms with Crippen LogP contribution in [0.25, 0.3) is 0 Å². The molecule has 0 aromatic heterocycles. The maximum atomic E-state index is 11.1. The molecule has 2 nitrogen and oxygen atoms in total. The topological polar surface area (TPSA) is 26.3 Å². The minimum absolute atomic E-state index is 0.132. The first kappa shape index (κ1) is 9.85. The summed E-state index contributed by atoms with van der Waals surface area (Å²) in [4.78, 5) is 11.1. The fourth-order valence-corrected chi connectivity index (χ4v) is 1.49. The lowest BCUT2D eigenvalue weighted by Gasteiger charge is -2.22. The van der Waals surface area contributed by atoms with E-state index >= 15 is 0 Å². The van der Waals surface area contributed by atoms with Gasteiger partial charge in [-0.1, -0.05) is 6.42 Å². The Labute approximate surface area is 78.2 Å². The van der Waals surface area contributed by atoms with Crippen LogP contribution >= 0.6 is 11.6 Å². The molecule has 0 aliphatic heterocycles. The molecule has 1 aliphatic rings. The second-order valence-electron chi connectivity index (χ2n) is 3.31. The van der Waals surface area contributed by atoms with Crippen LogP contribution in [0.4, 0.5) is 0 Å². The van der Waals surface area contributed by atoms with Gasteiger partial charge in [-0.2, -0.15) is 0 Å². The maximum Gasteiger partial charge on any atom is 0.324 e. The fourth-order valence-electron chi connectivity index (χ4n) is 1.44. The van der Waals surface area contributed by atoms with Crippen LogP contribution in [0.15, 0.2) is 0 Å². The van der Waals surface area contributed by atoms with E-state index in [1.54, 1.807) is 6.92 Å². The molecule has 0 aromatic rings. The smallest absolute Gasteiger partial charge is 0.324 e. The summed E-state index contributed by atoms with van der Waals surface area (Å²) in [5.74, 6) is -0.274. The first-order valence-corrected chi connectivity index (χ1v) is 4.98. The Morgan fingerprint density at radius 1 is 1.42 bits per heavy atom. The number of halogens is 1. The van der Waals surface area contributed by atoms with Crippen LogP contribution in [0.3, 0.4) is 0 Å². The van der Waals surface area contributed by atoms with E-state index in [0.717, 1.165) is 12.8 Å². The highest BCUT2D eigenvalue weighted by molar-refractivity contribution is 6.29. The molecular weight excluding hydrogens is 176 g/mol. The minimum atomic E-state index is -0.507.